The second-order valence-electron chi connectivity index (χ2n) is 5.27. The molecule has 7 heteroatoms. The summed E-state index contributed by atoms with van der Waals surface area (Å²) in [6.07, 6.45) is 1.85. The van der Waals surface area contributed by atoms with Gasteiger partial charge in [-0.25, -0.2) is 17.1 Å². The van der Waals surface area contributed by atoms with Crippen LogP contribution >= 0.6 is 11.6 Å². The van der Waals surface area contributed by atoms with Crippen molar-refractivity contribution in [3.05, 3.63) is 29.6 Å². The third-order valence-electron chi connectivity index (χ3n) is 3.61. The van der Waals surface area contributed by atoms with E-state index in [2.05, 4.69) is 0 Å². The van der Waals surface area contributed by atoms with Crippen LogP contribution < -0.4 is 0 Å². The Morgan fingerprint density at radius 1 is 1.48 bits per heavy atom. The minimum absolute atomic E-state index is 0.145. The van der Waals surface area contributed by atoms with E-state index in [1.54, 1.807) is 0 Å². The maximum Gasteiger partial charge on any atom is 0.245 e. The molecule has 1 fully saturated rings. The van der Waals surface area contributed by atoms with E-state index < -0.39 is 15.8 Å². The largest absolute Gasteiger partial charge is 0.381 e. The van der Waals surface area contributed by atoms with Gasteiger partial charge < -0.3 is 4.74 Å². The van der Waals surface area contributed by atoms with Gasteiger partial charge in [0.2, 0.25) is 10.0 Å². The summed E-state index contributed by atoms with van der Waals surface area (Å²) in [5.41, 5.74) is 0.552. The molecule has 4 nitrogen and oxygen atoms in total. The van der Waals surface area contributed by atoms with E-state index in [-0.39, 0.29) is 16.7 Å². The van der Waals surface area contributed by atoms with Crippen LogP contribution in [0.4, 0.5) is 4.39 Å². The minimum atomic E-state index is -3.83. The van der Waals surface area contributed by atoms with Crippen LogP contribution in [0.25, 0.3) is 0 Å². The second kappa shape index (κ2) is 7.05. The number of halogens is 2. The van der Waals surface area contributed by atoms with Crippen LogP contribution in [0, 0.1) is 11.7 Å². The number of hydrogen-bond donors (Lipinski definition) is 0. The highest BCUT2D eigenvalue weighted by Crippen LogP contribution is 2.23. The van der Waals surface area contributed by atoms with Gasteiger partial charge in [-0.15, -0.1) is 11.6 Å². The molecule has 1 aliphatic heterocycles. The Balaban J connectivity index is 2.16. The molecule has 1 heterocycles. The van der Waals surface area contributed by atoms with Crippen molar-refractivity contribution < 1.29 is 17.5 Å². The van der Waals surface area contributed by atoms with Gasteiger partial charge in [-0.05, 0) is 36.5 Å². The van der Waals surface area contributed by atoms with Gasteiger partial charge in [0.15, 0.2) is 0 Å². The highest BCUT2D eigenvalue weighted by Gasteiger charge is 2.27. The van der Waals surface area contributed by atoms with Crippen LogP contribution in [0.5, 0.6) is 0 Å². The zero-order valence-electron chi connectivity index (χ0n) is 11.9. The molecule has 1 aromatic carbocycles. The molecule has 0 radical (unpaired) electrons. The molecule has 0 bridgehead atoms. The average Bonchev–Trinajstić information content (AvgIpc) is 2.47. The molecular formula is C14H19ClFNO3S. The molecule has 118 valence electrons. The normalized spacial score (nSPS) is 19.9. The van der Waals surface area contributed by atoms with Gasteiger partial charge in [-0.2, -0.15) is 0 Å². The van der Waals surface area contributed by atoms with Crippen LogP contribution in [0.2, 0.25) is 0 Å². The molecule has 1 atom stereocenters. The first-order chi connectivity index (χ1) is 9.95. The van der Waals surface area contributed by atoms with Crippen molar-refractivity contribution in [2.75, 3.05) is 26.8 Å². The lowest BCUT2D eigenvalue weighted by Crippen LogP contribution is -2.35. The molecule has 0 spiro atoms. The van der Waals surface area contributed by atoms with Gasteiger partial charge in [0.25, 0.3) is 0 Å². The number of nitrogens with zero attached hydrogens (tertiary/aromatic N) is 1. The number of alkyl halides is 1. The molecule has 0 aromatic heterocycles. The maximum absolute atomic E-state index is 14.0. The Bertz CT molecular complexity index is 588. The number of hydrogen-bond acceptors (Lipinski definition) is 3. The third-order valence-corrected chi connectivity index (χ3v) is 5.77. The highest BCUT2D eigenvalue weighted by atomic mass is 35.5. The Labute approximate surface area is 129 Å². The summed E-state index contributed by atoms with van der Waals surface area (Å²) < 4.78 is 45.4. The number of rotatable bonds is 5. The minimum Gasteiger partial charge on any atom is -0.381 e. The SMILES string of the molecule is CN(CC1CCCOC1)S(=O)(=O)c1ccc(CCl)cc1F. The molecule has 1 aliphatic rings. The first kappa shape index (κ1) is 16.7. The molecular weight excluding hydrogens is 317 g/mol. The lowest BCUT2D eigenvalue weighted by Gasteiger charge is -2.26. The smallest absolute Gasteiger partial charge is 0.245 e. The number of benzene rings is 1. The van der Waals surface area contributed by atoms with E-state index >= 15 is 0 Å². The van der Waals surface area contributed by atoms with Gasteiger partial charge in [0.1, 0.15) is 10.7 Å². The summed E-state index contributed by atoms with van der Waals surface area (Å²) in [7, 11) is -2.36. The van der Waals surface area contributed by atoms with Gasteiger partial charge in [0, 0.05) is 26.1 Å². The van der Waals surface area contributed by atoms with Crippen molar-refractivity contribution in [2.45, 2.75) is 23.6 Å². The molecule has 0 amide bonds. The first-order valence-electron chi connectivity index (χ1n) is 6.83. The van der Waals surface area contributed by atoms with Crippen LogP contribution in [-0.4, -0.2) is 39.5 Å². The second-order valence-corrected chi connectivity index (χ2v) is 7.55. The predicted octanol–water partition coefficient (Wildman–Crippen LogP) is 2.61. The zero-order chi connectivity index (χ0) is 15.5. The van der Waals surface area contributed by atoms with Crippen molar-refractivity contribution in [3.63, 3.8) is 0 Å². The molecule has 0 aliphatic carbocycles. The van der Waals surface area contributed by atoms with Crippen LogP contribution in [0.15, 0.2) is 23.1 Å². The predicted molar refractivity (Wildman–Crippen MR) is 79.3 cm³/mol. The van der Waals surface area contributed by atoms with Crippen molar-refractivity contribution >= 4 is 21.6 Å². The van der Waals surface area contributed by atoms with E-state index in [0.717, 1.165) is 25.5 Å². The molecule has 2 rings (SSSR count). The standard InChI is InChI=1S/C14H19ClFNO3S/c1-17(9-12-3-2-6-20-10-12)21(18,19)14-5-4-11(8-15)7-13(14)16/h4-5,7,12H,2-3,6,8-10H2,1H3. The van der Waals surface area contributed by atoms with Gasteiger partial charge >= 0.3 is 0 Å². The molecule has 0 N–H and O–H groups in total. The van der Waals surface area contributed by atoms with E-state index in [4.69, 9.17) is 16.3 Å². The monoisotopic (exact) mass is 335 g/mol. The first-order valence-corrected chi connectivity index (χ1v) is 8.81. The van der Waals surface area contributed by atoms with Gasteiger partial charge in [-0.1, -0.05) is 6.07 Å². The van der Waals surface area contributed by atoms with Crippen LogP contribution in [0.1, 0.15) is 18.4 Å². The van der Waals surface area contributed by atoms with E-state index in [0.29, 0.717) is 18.7 Å². The highest BCUT2D eigenvalue weighted by molar-refractivity contribution is 7.89. The maximum atomic E-state index is 14.0. The summed E-state index contributed by atoms with van der Waals surface area (Å²) in [5.74, 6) is -0.462. The molecule has 21 heavy (non-hydrogen) atoms. The lowest BCUT2D eigenvalue weighted by atomic mass is 10.0. The van der Waals surface area contributed by atoms with Crippen molar-refractivity contribution in [3.8, 4) is 0 Å². The topological polar surface area (TPSA) is 46.6 Å². The zero-order valence-corrected chi connectivity index (χ0v) is 13.5. The summed E-state index contributed by atoms with van der Waals surface area (Å²) in [6, 6.07) is 3.97. The Morgan fingerprint density at radius 2 is 2.24 bits per heavy atom. The Hall–Kier alpha value is -0.690. The van der Waals surface area contributed by atoms with Crippen molar-refractivity contribution in [1.82, 2.24) is 4.31 Å². The van der Waals surface area contributed by atoms with E-state index in [9.17, 15) is 12.8 Å². The summed E-state index contributed by atoms with van der Waals surface area (Å²) in [6.45, 7) is 1.61. The third kappa shape index (κ3) is 3.94. The quantitative estimate of drug-likeness (QED) is 0.777. The van der Waals surface area contributed by atoms with Crippen molar-refractivity contribution in [2.24, 2.45) is 5.92 Å². The van der Waals surface area contributed by atoms with Crippen LogP contribution in [0.3, 0.4) is 0 Å². The number of sulfonamides is 1. The Morgan fingerprint density at radius 3 is 2.81 bits per heavy atom. The van der Waals surface area contributed by atoms with Crippen molar-refractivity contribution in [1.29, 1.82) is 0 Å². The fourth-order valence-electron chi connectivity index (χ4n) is 2.42. The van der Waals surface area contributed by atoms with Gasteiger partial charge in [-0.3, -0.25) is 0 Å². The molecule has 1 unspecified atom stereocenters. The molecule has 0 saturated carbocycles. The fraction of sp³-hybridized carbons (Fsp3) is 0.571. The summed E-state index contributed by atoms with van der Waals surface area (Å²) >= 11 is 5.62. The fourth-order valence-corrected chi connectivity index (χ4v) is 3.87. The number of ether oxygens (including phenoxy) is 1. The average molecular weight is 336 g/mol. The van der Waals surface area contributed by atoms with E-state index in [1.807, 2.05) is 0 Å². The lowest BCUT2D eigenvalue weighted by molar-refractivity contribution is 0.0495. The Kier molecular flexibility index (Phi) is 5.60. The summed E-state index contributed by atoms with van der Waals surface area (Å²) in [4.78, 5) is -0.310. The molecule has 1 aromatic rings. The molecule has 1 saturated heterocycles. The van der Waals surface area contributed by atoms with Gasteiger partial charge in [0.05, 0.1) is 6.61 Å². The van der Waals surface area contributed by atoms with Crippen LogP contribution in [-0.2, 0) is 20.6 Å². The summed E-state index contributed by atoms with van der Waals surface area (Å²) in [5, 5.41) is 0. The van der Waals surface area contributed by atoms with E-state index in [1.165, 1.54) is 23.5 Å².